The Morgan fingerprint density at radius 1 is 1.09 bits per heavy atom. The predicted molar refractivity (Wildman–Crippen MR) is 85.1 cm³/mol. The molecule has 0 aliphatic heterocycles. The van der Waals surface area contributed by atoms with E-state index in [0.29, 0.717) is 25.1 Å². The van der Waals surface area contributed by atoms with Gasteiger partial charge in [-0.25, -0.2) is 4.79 Å². The fourth-order valence-corrected chi connectivity index (χ4v) is 1.83. The first-order valence-electron chi connectivity index (χ1n) is 7.60. The summed E-state index contributed by atoms with van der Waals surface area (Å²) in [5.74, 6) is -1.22. The van der Waals surface area contributed by atoms with Gasteiger partial charge >= 0.3 is 11.9 Å². The molecule has 0 saturated heterocycles. The maximum Gasteiger partial charge on any atom is 0.338 e. The summed E-state index contributed by atoms with van der Waals surface area (Å²) in [4.78, 5) is 34.5. The van der Waals surface area contributed by atoms with Crippen molar-refractivity contribution in [3.8, 4) is 0 Å². The second kappa shape index (κ2) is 9.61. The van der Waals surface area contributed by atoms with E-state index < -0.39 is 11.9 Å². The number of benzene rings is 1. The van der Waals surface area contributed by atoms with E-state index in [9.17, 15) is 14.4 Å². The molecule has 1 N–H and O–H groups in total. The van der Waals surface area contributed by atoms with Gasteiger partial charge < -0.3 is 14.8 Å². The molecular formula is C17H23NO5. The molecule has 0 spiro atoms. The Bertz CT molecular complexity index is 568. The minimum atomic E-state index is -0.533. The number of esters is 2. The summed E-state index contributed by atoms with van der Waals surface area (Å²) < 4.78 is 9.73. The van der Waals surface area contributed by atoms with Crippen molar-refractivity contribution in [2.24, 2.45) is 0 Å². The highest BCUT2D eigenvalue weighted by atomic mass is 16.5. The predicted octanol–water partition coefficient (Wildman–Crippen LogP) is 1.92. The van der Waals surface area contributed by atoms with Crippen LogP contribution in [0.2, 0.25) is 0 Å². The van der Waals surface area contributed by atoms with Crippen molar-refractivity contribution in [3.63, 3.8) is 0 Å². The molecule has 0 atom stereocenters. The third-order valence-electron chi connectivity index (χ3n) is 3.26. The van der Waals surface area contributed by atoms with Gasteiger partial charge in [0, 0.05) is 13.0 Å². The van der Waals surface area contributed by atoms with Crippen LogP contribution in [-0.4, -0.2) is 37.6 Å². The largest absolute Gasteiger partial charge is 0.466 e. The average molecular weight is 321 g/mol. The van der Waals surface area contributed by atoms with Gasteiger partial charge in [-0.3, -0.25) is 9.59 Å². The zero-order valence-electron chi connectivity index (χ0n) is 13.8. The SMILES string of the molecule is CCOC(=O)CCCNC(=O)COC(=O)c1ccc(C)c(C)c1. The number of hydrogen-bond donors (Lipinski definition) is 1. The average Bonchev–Trinajstić information content (AvgIpc) is 2.52. The van der Waals surface area contributed by atoms with Crippen LogP contribution in [0.4, 0.5) is 0 Å². The molecule has 0 fully saturated rings. The van der Waals surface area contributed by atoms with Crippen molar-refractivity contribution < 1.29 is 23.9 Å². The van der Waals surface area contributed by atoms with Crippen molar-refractivity contribution in [2.75, 3.05) is 19.8 Å². The van der Waals surface area contributed by atoms with Crippen molar-refractivity contribution >= 4 is 17.8 Å². The number of rotatable bonds is 8. The second-order valence-electron chi connectivity index (χ2n) is 5.13. The van der Waals surface area contributed by atoms with Gasteiger partial charge in [-0.1, -0.05) is 6.07 Å². The molecule has 0 radical (unpaired) electrons. The first-order valence-corrected chi connectivity index (χ1v) is 7.60. The lowest BCUT2D eigenvalue weighted by Gasteiger charge is -2.08. The summed E-state index contributed by atoms with van der Waals surface area (Å²) >= 11 is 0. The Balaban J connectivity index is 2.26. The normalized spacial score (nSPS) is 10.0. The van der Waals surface area contributed by atoms with E-state index in [4.69, 9.17) is 9.47 Å². The highest BCUT2D eigenvalue weighted by molar-refractivity contribution is 5.91. The third kappa shape index (κ3) is 6.95. The first-order chi connectivity index (χ1) is 10.9. The molecule has 126 valence electrons. The maximum atomic E-state index is 11.8. The zero-order chi connectivity index (χ0) is 17.2. The molecule has 23 heavy (non-hydrogen) atoms. The summed E-state index contributed by atoms with van der Waals surface area (Å²) in [6, 6.07) is 5.23. The first kappa shape index (κ1) is 18.7. The minimum absolute atomic E-state index is 0.247. The molecule has 6 heteroatoms. The summed E-state index contributed by atoms with van der Waals surface area (Å²) in [5.41, 5.74) is 2.49. The molecule has 0 bridgehead atoms. The van der Waals surface area contributed by atoms with Crippen molar-refractivity contribution in [1.29, 1.82) is 0 Å². The van der Waals surface area contributed by atoms with E-state index in [0.717, 1.165) is 11.1 Å². The van der Waals surface area contributed by atoms with E-state index in [1.54, 1.807) is 19.1 Å². The molecule has 0 unspecified atom stereocenters. The monoisotopic (exact) mass is 321 g/mol. The Labute approximate surface area is 136 Å². The van der Waals surface area contributed by atoms with Crippen molar-refractivity contribution in [2.45, 2.75) is 33.6 Å². The molecule has 0 saturated carbocycles. The number of hydrogen-bond acceptors (Lipinski definition) is 5. The van der Waals surface area contributed by atoms with Crippen LogP contribution in [0.1, 0.15) is 41.3 Å². The summed E-state index contributed by atoms with van der Waals surface area (Å²) in [7, 11) is 0. The smallest absolute Gasteiger partial charge is 0.338 e. The van der Waals surface area contributed by atoms with E-state index >= 15 is 0 Å². The van der Waals surface area contributed by atoms with Crippen LogP contribution < -0.4 is 5.32 Å². The zero-order valence-corrected chi connectivity index (χ0v) is 13.8. The van der Waals surface area contributed by atoms with E-state index in [1.807, 2.05) is 19.9 Å². The fraction of sp³-hybridized carbons (Fsp3) is 0.471. The molecule has 1 aromatic rings. The number of nitrogens with one attached hydrogen (secondary N) is 1. The molecule has 1 aromatic carbocycles. The van der Waals surface area contributed by atoms with E-state index in [2.05, 4.69) is 5.32 Å². The standard InChI is InChI=1S/C17H23NO5/c1-4-22-16(20)6-5-9-18-15(19)11-23-17(21)14-8-7-12(2)13(3)10-14/h7-8,10H,4-6,9,11H2,1-3H3,(H,18,19). The molecule has 0 aliphatic carbocycles. The Morgan fingerprint density at radius 3 is 2.48 bits per heavy atom. The van der Waals surface area contributed by atoms with Gasteiger partial charge in [0.15, 0.2) is 6.61 Å². The van der Waals surface area contributed by atoms with Crippen LogP contribution in [0.5, 0.6) is 0 Å². The molecule has 0 heterocycles. The molecular weight excluding hydrogens is 298 g/mol. The van der Waals surface area contributed by atoms with Gasteiger partial charge in [-0.15, -0.1) is 0 Å². The third-order valence-corrected chi connectivity index (χ3v) is 3.26. The fourth-order valence-electron chi connectivity index (χ4n) is 1.83. The van der Waals surface area contributed by atoms with Crippen molar-refractivity contribution in [3.05, 3.63) is 34.9 Å². The van der Waals surface area contributed by atoms with Crippen LogP contribution in [-0.2, 0) is 19.1 Å². The van der Waals surface area contributed by atoms with Gasteiger partial charge in [-0.05, 0) is 50.5 Å². The molecule has 0 aromatic heterocycles. The second-order valence-corrected chi connectivity index (χ2v) is 5.13. The van der Waals surface area contributed by atoms with Gasteiger partial charge in [-0.2, -0.15) is 0 Å². The Morgan fingerprint density at radius 2 is 1.83 bits per heavy atom. The summed E-state index contributed by atoms with van der Waals surface area (Å²) in [5, 5.41) is 2.58. The minimum Gasteiger partial charge on any atom is -0.466 e. The van der Waals surface area contributed by atoms with Gasteiger partial charge in [0.25, 0.3) is 5.91 Å². The van der Waals surface area contributed by atoms with Crippen LogP contribution in [0.25, 0.3) is 0 Å². The molecule has 1 rings (SSSR count). The van der Waals surface area contributed by atoms with E-state index in [-0.39, 0.29) is 19.0 Å². The lowest BCUT2D eigenvalue weighted by atomic mass is 10.1. The Kier molecular flexibility index (Phi) is 7.80. The number of amides is 1. The lowest BCUT2D eigenvalue weighted by Crippen LogP contribution is -2.30. The van der Waals surface area contributed by atoms with Crippen LogP contribution in [0.15, 0.2) is 18.2 Å². The lowest BCUT2D eigenvalue weighted by molar-refractivity contribution is -0.143. The molecule has 6 nitrogen and oxygen atoms in total. The highest BCUT2D eigenvalue weighted by Crippen LogP contribution is 2.10. The number of carbonyl (C=O) groups excluding carboxylic acids is 3. The van der Waals surface area contributed by atoms with E-state index in [1.165, 1.54) is 0 Å². The van der Waals surface area contributed by atoms with Crippen LogP contribution in [0.3, 0.4) is 0 Å². The van der Waals surface area contributed by atoms with Crippen molar-refractivity contribution in [1.82, 2.24) is 5.32 Å². The summed E-state index contributed by atoms with van der Waals surface area (Å²) in [6.07, 6.45) is 0.728. The van der Waals surface area contributed by atoms with Gasteiger partial charge in [0.2, 0.25) is 0 Å². The quantitative estimate of drug-likeness (QED) is 0.584. The van der Waals surface area contributed by atoms with Crippen LogP contribution >= 0.6 is 0 Å². The van der Waals surface area contributed by atoms with Gasteiger partial charge in [0.1, 0.15) is 0 Å². The molecule has 0 aliphatic rings. The topological polar surface area (TPSA) is 81.7 Å². The highest BCUT2D eigenvalue weighted by Gasteiger charge is 2.11. The number of carbonyl (C=O) groups is 3. The summed E-state index contributed by atoms with van der Waals surface area (Å²) in [6.45, 7) is 5.93. The Hall–Kier alpha value is -2.37. The maximum absolute atomic E-state index is 11.8. The molecule has 1 amide bonds. The number of ether oxygens (including phenoxy) is 2. The van der Waals surface area contributed by atoms with Crippen LogP contribution in [0, 0.1) is 13.8 Å². The van der Waals surface area contributed by atoms with Gasteiger partial charge in [0.05, 0.1) is 12.2 Å². The number of aryl methyl sites for hydroxylation is 2.